The summed E-state index contributed by atoms with van der Waals surface area (Å²) in [7, 11) is 0. The van der Waals surface area contributed by atoms with Gasteiger partial charge in [0.25, 0.3) is 0 Å². The van der Waals surface area contributed by atoms with Crippen molar-refractivity contribution in [2.45, 2.75) is 51.1 Å². The Bertz CT molecular complexity index is 1190. The van der Waals surface area contributed by atoms with Crippen LogP contribution in [0.4, 0.5) is 0 Å². The van der Waals surface area contributed by atoms with Gasteiger partial charge < -0.3 is 9.51 Å². The number of nitrogens with zero attached hydrogens (tertiary/aromatic N) is 4. The van der Waals surface area contributed by atoms with Gasteiger partial charge in [0.15, 0.2) is 0 Å². The van der Waals surface area contributed by atoms with Crippen LogP contribution in [0.15, 0.2) is 53.3 Å². The van der Waals surface area contributed by atoms with Gasteiger partial charge in [-0.25, -0.2) is 4.98 Å². The second-order valence-electron chi connectivity index (χ2n) is 9.00. The van der Waals surface area contributed by atoms with Crippen molar-refractivity contribution in [1.82, 2.24) is 25.0 Å². The Morgan fingerprint density at radius 1 is 1.03 bits per heavy atom. The first kappa shape index (κ1) is 18.8. The Hall–Kier alpha value is -2.99. The van der Waals surface area contributed by atoms with Crippen molar-refractivity contribution in [3.8, 4) is 11.4 Å². The van der Waals surface area contributed by atoms with Crippen LogP contribution in [0, 0.1) is 5.92 Å². The molecular weight excluding hydrogens is 386 g/mol. The number of imidazole rings is 1. The van der Waals surface area contributed by atoms with Gasteiger partial charge in [-0.2, -0.15) is 4.98 Å². The molecule has 6 nitrogen and oxygen atoms in total. The van der Waals surface area contributed by atoms with Gasteiger partial charge in [0.2, 0.25) is 11.7 Å². The Balaban J connectivity index is 1.30. The highest BCUT2D eigenvalue weighted by molar-refractivity contribution is 5.86. The van der Waals surface area contributed by atoms with E-state index < -0.39 is 0 Å². The fraction of sp³-hybridized carbons (Fsp3) is 0.400. The van der Waals surface area contributed by atoms with Gasteiger partial charge in [0.1, 0.15) is 0 Å². The number of nitrogens with one attached hydrogen (secondary N) is 1. The van der Waals surface area contributed by atoms with E-state index in [0.717, 1.165) is 36.7 Å². The van der Waals surface area contributed by atoms with Crippen LogP contribution in [0.1, 0.15) is 55.4 Å². The molecule has 1 fully saturated rings. The molecule has 4 aromatic rings. The molecular formula is C25H27N5O. The molecule has 158 valence electrons. The molecule has 0 spiro atoms. The highest BCUT2D eigenvalue weighted by Gasteiger charge is 2.34. The summed E-state index contributed by atoms with van der Waals surface area (Å²) in [5.41, 5.74) is 3.33. The van der Waals surface area contributed by atoms with Crippen molar-refractivity contribution >= 4 is 10.8 Å². The van der Waals surface area contributed by atoms with Crippen molar-refractivity contribution in [3.63, 3.8) is 0 Å². The lowest BCUT2D eigenvalue weighted by Crippen LogP contribution is -2.38. The molecule has 0 saturated heterocycles. The maximum absolute atomic E-state index is 5.84. The number of rotatable bonds is 4. The van der Waals surface area contributed by atoms with E-state index in [0.29, 0.717) is 11.7 Å². The summed E-state index contributed by atoms with van der Waals surface area (Å²) in [5.74, 6) is 2.11. The quantitative estimate of drug-likeness (QED) is 0.492. The van der Waals surface area contributed by atoms with Crippen LogP contribution in [0.2, 0.25) is 0 Å². The number of aromatic nitrogens is 4. The van der Waals surface area contributed by atoms with E-state index in [1.165, 1.54) is 48.6 Å². The van der Waals surface area contributed by atoms with E-state index in [4.69, 9.17) is 9.51 Å². The molecule has 0 radical (unpaired) electrons. The Morgan fingerprint density at radius 2 is 1.90 bits per heavy atom. The van der Waals surface area contributed by atoms with E-state index in [1.807, 2.05) is 0 Å². The Kier molecular flexibility index (Phi) is 4.80. The van der Waals surface area contributed by atoms with Gasteiger partial charge >= 0.3 is 0 Å². The highest BCUT2D eigenvalue weighted by atomic mass is 16.5. The van der Waals surface area contributed by atoms with E-state index in [1.54, 1.807) is 6.33 Å². The summed E-state index contributed by atoms with van der Waals surface area (Å²) in [6, 6.07) is 14.8. The number of aromatic amines is 1. The molecule has 31 heavy (non-hydrogen) atoms. The van der Waals surface area contributed by atoms with Crippen molar-refractivity contribution < 1.29 is 4.52 Å². The molecule has 0 amide bonds. The van der Waals surface area contributed by atoms with Crippen LogP contribution in [0.3, 0.4) is 0 Å². The van der Waals surface area contributed by atoms with Crippen LogP contribution in [0.25, 0.3) is 22.2 Å². The largest absolute Gasteiger partial charge is 0.347 e. The van der Waals surface area contributed by atoms with Crippen LogP contribution < -0.4 is 0 Å². The normalized spacial score (nSPS) is 20.2. The molecule has 1 unspecified atom stereocenters. The summed E-state index contributed by atoms with van der Waals surface area (Å²) in [4.78, 5) is 15.2. The molecule has 6 rings (SSSR count). The number of hydrogen-bond donors (Lipinski definition) is 1. The minimum Gasteiger partial charge on any atom is -0.347 e. The monoisotopic (exact) mass is 413 g/mol. The zero-order chi connectivity index (χ0) is 20.6. The number of benzene rings is 2. The van der Waals surface area contributed by atoms with E-state index in [-0.39, 0.29) is 6.04 Å². The van der Waals surface area contributed by atoms with Crippen LogP contribution in [-0.4, -0.2) is 31.6 Å². The summed E-state index contributed by atoms with van der Waals surface area (Å²) in [6.07, 6.45) is 9.35. The predicted molar refractivity (Wildman–Crippen MR) is 119 cm³/mol. The maximum Gasteiger partial charge on any atom is 0.244 e. The van der Waals surface area contributed by atoms with Gasteiger partial charge in [-0.15, -0.1) is 0 Å². The lowest BCUT2D eigenvalue weighted by atomic mass is 9.88. The van der Waals surface area contributed by atoms with Gasteiger partial charge in [-0.1, -0.05) is 60.8 Å². The second kappa shape index (κ2) is 7.93. The van der Waals surface area contributed by atoms with E-state index >= 15 is 0 Å². The van der Waals surface area contributed by atoms with Gasteiger partial charge in [-0.05, 0) is 35.6 Å². The van der Waals surface area contributed by atoms with E-state index in [2.05, 4.69) is 62.5 Å². The molecule has 0 bridgehead atoms. The standard InChI is InChI=1S/C25H27N5O/c1-2-6-17(7-3-1)14-30-15-22-21(26-16-27-22)13-23(30)25-28-24(29-31-25)20-11-10-18-8-4-5-9-19(18)12-20/h4-5,8-12,16-17,23H,1-3,6-7,13-15H2,(H,26,27). The molecule has 1 saturated carbocycles. The molecule has 3 heterocycles. The molecule has 2 aliphatic rings. The summed E-state index contributed by atoms with van der Waals surface area (Å²) < 4.78 is 5.84. The maximum atomic E-state index is 5.84. The smallest absolute Gasteiger partial charge is 0.244 e. The number of hydrogen-bond acceptors (Lipinski definition) is 5. The molecule has 1 N–H and O–H groups in total. The lowest BCUT2D eigenvalue weighted by Gasteiger charge is -2.36. The van der Waals surface area contributed by atoms with Gasteiger partial charge in [-0.3, -0.25) is 4.90 Å². The first-order chi connectivity index (χ1) is 15.3. The fourth-order valence-electron chi connectivity index (χ4n) is 5.24. The van der Waals surface area contributed by atoms with Gasteiger partial charge in [0, 0.05) is 25.1 Å². The molecule has 1 aliphatic heterocycles. The van der Waals surface area contributed by atoms with Crippen LogP contribution in [-0.2, 0) is 13.0 Å². The molecule has 2 aromatic heterocycles. The SMILES string of the molecule is c1ccc2cc(-c3noc(C4Cc5nc[nH]c5CN4CC4CCCCC4)n3)ccc2c1. The minimum absolute atomic E-state index is 0.0828. The average Bonchev–Trinajstić information content (AvgIpc) is 3.48. The third-order valence-corrected chi connectivity index (χ3v) is 6.95. The van der Waals surface area contributed by atoms with Crippen molar-refractivity contribution in [3.05, 3.63) is 66.1 Å². The Morgan fingerprint density at radius 3 is 2.81 bits per heavy atom. The molecule has 2 aromatic carbocycles. The first-order valence-corrected chi connectivity index (χ1v) is 11.4. The fourth-order valence-corrected chi connectivity index (χ4v) is 5.24. The average molecular weight is 414 g/mol. The Labute approximate surface area is 181 Å². The zero-order valence-electron chi connectivity index (χ0n) is 17.6. The third-order valence-electron chi connectivity index (χ3n) is 6.95. The van der Waals surface area contributed by atoms with Crippen molar-refractivity contribution in [1.29, 1.82) is 0 Å². The topological polar surface area (TPSA) is 70.8 Å². The summed E-state index contributed by atoms with van der Waals surface area (Å²) in [5, 5.41) is 6.75. The third kappa shape index (κ3) is 3.65. The lowest BCUT2D eigenvalue weighted by molar-refractivity contribution is 0.104. The van der Waals surface area contributed by atoms with Crippen LogP contribution >= 0.6 is 0 Å². The number of fused-ring (bicyclic) bond motifs is 2. The highest BCUT2D eigenvalue weighted by Crippen LogP contribution is 2.35. The zero-order valence-corrected chi connectivity index (χ0v) is 17.6. The molecule has 1 aliphatic carbocycles. The predicted octanol–water partition coefficient (Wildman–Crippen LogP) is 5.29. The summed E-state index contributed by atoms with van der Waals surface area (Å²) in [6.45, 7) is 1.95. The van der Waals surface area contributed by atoms with E-state index in [9.17, 15) is 0 Å². The van der Waals surface area contributed by atoms with Gasteiger partial charge in [0.05, 0.1) is 23.8 Å². The number of H-pyrrole nitrogens is 1. The van der Waals surface area contributed by atoms with Crippen LogP contribution in [0.5, 0.6) is 0 Å². The minimum atomic E-state index is 0.0828. The molecule has 6 heteroatoms. The second-order valence-corrected chi connectivity index (χ2v) is 9.00. The van der Waals surface area contributed by atoms with Crippen molar-refractivity contribution in [2.24, 2.45) is 5.92 Å². The summed E-state index contributed by atoms with van der Waals surface area (Å²) >= 11 is 0. The van der Waals surface area contributed by atoms with Crippen molar-refractivity contribution in [2.75, 3.05) is 6.54 Å². The molecule has 1 atom stereocenters. The first-order valence-electron chi connectivity index (χ1n) is 11.4.